The van der Waals surface area contributed by atoms with E-state index in [-0.39, 0.29) is 11.3 Å². The summed E-state index contributed by atoms with van der Waals surface area (Å²) in [6, 6.07) is 14.3. The molecule has 6 heteroatoms. The first-order valence-corrected chi connectivity index (χ1v) is 9.97. The number of allylic oxidation sites excluding steroid dienone is 1. The van der Waals surface area contributed by atoms with Crippen LogP contribution >= 0.6 is 11.8 Å². The highest BCUT2D eigenvalue weighted by atomic mass is 32.2. The lowest BCUT2D eigenvalue weighted by Gasteiger charge is -2.15. The Balaban J connectivity index is 1.90. The van der Waals surface area contributed by atoms with Crippen molar-refractivity contribution in [3.63, 3.8) is 0 Å². The van der Waals surface area contributed by atoms with Crippen LogP contribution in [0.2, 0.25) is 0 Å². The average molecular weight is 394 g/mol. The third-order valence-corrected chi connectivity index (χ3v) is 5.33. The molecule has 0 saturated heterocycles. The van der Waals surface area contributed by atoms with Crippen molar-refractivity contribution in [2.45, 2.75) is 30.8 Å². The predicted molar refractivity (Wildman–Crippen MR) is 113 cm³/mol. The van der Waals surface area contributed by atoms with Gasteiger partial charge in [-0.05, 0) is 50.2 Å². The van der Waals surface area contributed by atoms with E-state index in [1.54, 1.807) is 47.0 Å². The molecular formula is C22H22N2O3S. The Bertz CT molecular complexity index is 1060. The summed E-state index contributed by atoms with van der Waals surface area (Å²) in [4.78, 5) is 30.3. The van der Waals surface area contributed by atoms with Crippen LogP contribution in [0.5, 0.6) is 5.75 Å². The summed E-state index contributed by atoms with van der Waals surface area (Å²) in [5.74, 6) is 0.705. The molecule has 0 spiro atoms. The van der Waals surface area contributed by atoms with Gasteiger partial charge in [0.05, 0.1) is 22.8 Å². The minimum absolute atomic E-state index is 0.0272. The molecule has 144 valence electrons. The maximum Gasteiger partial charge on any atom is 0.262 e. The third-order valence-electron chi connectivity index (χ3n) is 4.24. The van der Waals surface area contributed by atoms with Crippen LogP contribution in [0.1, 0.15) is 24.2 Å². The monoisotopic (exact) mass is 394 g/mol. The molecule has 0 unspecified atom stereocenters. The number of hydrogen-bond acceptors (Lipinski definition) is 5. The van der Waals surface area contributed by atoms with Crippen LogP contribution in [0, 0.1) is 0 Å². The van der Waals surface area contributed by atoms with E-state index in [0.717, 1.165) is 5.75 Å². The van der Waals surface area contributed by atoms with E-state index in [1.165, 1.54) is 11.8 Å². The van der Waals surface area contributed by atoms with Gasteiger partial charge in [0.25, 0.3) is 5.56 Å². The van der Waals surface area contributed by atoms with Crippen molar-refractivity contribution in [3.05, 3.63) is 77.1 Å². The molecule has 28 heavy (non-hydrogen) atoms. The van der Waals surface area contributed by atoms with Crippen LogP contribution in [-0.2, 0) is 6.54 Å². The minimum atomic E-state index is -0.401. The van der Waals surface area contributed by atoms with Crippen molar-refractivity contribution >= 4 is 28.4 Å². The first-order chi connectivity index (χ1) is 13.5. The maximum absolute atomic E-state index is 12.8. The number of benzene rings is 2. The zero-order chi connectivity index (χ0) is 20.1. The summed E-state index contributed by atoms with van der Waals surface area (Å²) in [6.45, 7) is 8.38. The van der Waals surface area contributed by atoms with E-state index in [0.29, 0.717) is 34.8 Å². The molecule has 1 aromatic heterocycles. The molecule has 0 N–H and O–H groups in total. The molecule has 0 aliphatic rings. The molecule has 0 amide bonds. The van der Waals surface area contributed by atoms with E-state index in [4.69, 9.17) is 4.74 Å². The van der Waals surface area contributed by atoms with E-state index < -0.39 is 5.25 Å². The molecule has 1 atom stereocenters. The fourth-order valence-corrected chi connectivity index (χ4v) is 3.85. The summed E-state index contributed by atoms with van der Waals surface area (Å²) >= 11 is 1.28. The van der Waals surface area contributed by atoms with Gasteiger partial charge in [-0.1, -0.05) is 30.0 Å². The Morgan fingerprint density at radius 3 is 2.64 bits per heavy atom. The quantitative estimate of drug-likeness (QED) is 0.246. The van der Waals surface area contributed by atoms with Crippen LogP contribution < -0.4 is 10.3 Å². The average Bonchev–Trinajstić information content (AvgIpc) is 2.71. The number of ether oxygens (including phenoxy) is 1. The number of aromatic nitrogens is 2. The van der Waals surface area contributed by atoms with Crippen molar-refractivity contribution in [3.8, 4) is 5.75 Å². The Kier molecular flexibility index (Phi) is 6.31. The summed E-state index contributed by atoms with van der Waals surface area (Å²) in [7, 11) is 0. The van der Waals surface area contributed by atoms with Gasteiger partial charge in [0, 0.05) is 12.1 Å². The molecule has 1 heterocycles. The second-order valence-electron chi connectivity index (χ2n) is 6.20. The van der Waals surface area contributed by atoms with Crippen LogP contribution in [-0.4, -0.2) is 27.2 Å². The van der Waals surface area contributed by atoms with E-state index >= 15 is 0 Å². The number of rotatable bonds is 8. The zero-order valence-corrected chi connectivity index (χ0v) is 16.7. The molecule has 0 bridgehead atoms. The molecule has 0 aliphatic carbocycles. The van der Waals surface area contributed by atoms with Gasteiger partial charge in [-0.3, -0.25) is 14.2 Å². The van der Waals surface area contributed by atoms with Gasteiger partial charge in [0.1, 0.15) is 5.75 Å². The van der Waals surface area contributed by atoms with Gasteiger partial charge >= 0.3 is 0 Å². The first-order valence-electron chi connectivity index (χ1n) is 9.09. The molecule has 0 saturated carbocycles. The molecule has 3 rings (SSSR count). The zero-order valence-electron chi connectivity index (χ0n) is 15.9. The van der Waals surface area contributed by atoms with Gasteiger partial charge < -0.3 is 4.74 Å². The smallest absolute Gasteiger partial charge is 0.262 e. The van der Waals surface area contributed by atoms with E-state index in [2.05, 4.69) is 11.6 Å². The van der Waals surface area contributed by atoms with Crippen molar-refractivity contribution in [2.24, 2.45) is 0 Å². The normalized spacial score (nSPS) is 11.9. The lowest BCUT2D eigenvalue weighted by molar-refractivity contribution is 0.0994. The van der Waals surface area contributed by atoms with Crippen molar-refractivity contribution in [1.29, 1.82) is 0 Å². The van der Waals surface area contributed by atoms with Crippen LogP contribution in [0.4, 0.5) is 0 Å². The summed E-state index contributed by atoms with van der Waals surface area (Å²) < 4.78 is 6.98. The van der Waals surface area contributed by atoms with Crippen LogP contribution in [0.15, 0.2) is 71.1 Å². The predicted octanol–water partition coefficient (Wildman–Crippen LogP) is 4.34. The van der Waals surface area contributed by atoms with Crippen LogP contribution in [0.25, 0.3) is 10.9 Å². The SMILES string of the molecule is C=CCn1c(S[C@H](C)C(=O)c2ccc(OCC)cc2)nc2ccccc2c1=O. The molecule has 3 aromatic rings. The molecular weight excluding hydrogens is 372 g/mol. The lowest BCUT2D eigenvalue weighted by atomic mass is 10.1. The second kappa shape index (κ2) is 8.89. The van der Waals surface area contributed by atoms with E-state index in [9.17, 15) is 9.59 Å². The maximum atomic E-state index is 12.8. The summed E-state index contributed by atoms with van der Waals surface area (Å²) in [5, 5.41) is 0.664. The number of thioether (sulfide) groups is 1. The van der Waals surface area contributed by atoms with Crippen molar-refractivity contribution in [2.75, 3.05) is 6.61 Å². The minimum Gasteiger partial charge on any atom is -0.494 e. The van der Waals surface area contributed by atoms with Gasteiger partial charge in [-0.2, -0.15) is 0 Å². The number of Topliss-reactive ketones (excluding diaryl/α,β-unsaturated/α-hetero) is 1. The van der Waals surface area contributed by atoms with Gasteiger partial charge in [-0.15, -0.1) is 6.58 Å². The fourth-order valence-electron chi connectivity index (χ4n) is 2.86. The van der Waals surface area contributed by atoms with Gasteiger partial charge in [0.15, 0.2) is 10.9 Å². The van der Waals surface area contributed by atoms with Gasteiger partial charge in [0.2, 0.25) is 0 Å². The Morgan fingerprint density at radius 1 is 1.25 bits per heavy atom. The number of carbonyl (C=O) groups is 1. The highest BCUT2D eigenvalue weighted by molar-refractivity contribution is 8.00. The van der Waals surface area contributed by atoms with E-state index in [1.807, 2.05) is 26.0 Å². The fraction of sp³-hybridized carbons (Fsp3) is 0.227. The number of para-hydroxylation sites is 1. The number of fused-ring (bicyclic) bond motifs is 1. The molecule has 0 fully saturated rings. The number of carbonyl (C=O) groups excluding carboxylic acids is 1. The topological polar surface area (TPSA) is 61.2 Å². The number of nitrogens with zero attached hydrogens (tertiary/aromatic N) is 2. The summed E-state index contributed by atoms with van der Waals surface area (Å²) in [5.41, 5.74) is 1.09. The Morgan fingerprint density at radius 2 is 1.96 bits per heavy atom. The number of ketones is 1. The standard InChI is InChI=1S/C22H22N2O3S/c1-4-14-24-21(26)18-8-6-7-9-19(18)23-22(24)28-15(3)20(25)16-10-12-17(13-11-16)27-5-2/h4,6-13,15H,1,5,14H2,2-3H3/t15-/m1/s1. The first kappa shape index (κ1) is 19.9. The second-order valence-corrected chi connectivity index (χ2v) is 7.51. The highest BCUT2D eigenvalue weighted by Crippen LogP contribution is 2.25. The lowest BCUT2D eigenvalue weighted by Crippen LogP contribution is -2.24. The largest absolute Gasteiger partial charge is 0.494 e. The summed E-state index contributed by atoms with van der Waals surface area (Å²) in [6.07, 6.45) is 1.65. The Hall–Kier alpha value is -2.86. The van der Waals surface area contributed by atoms with Gasteiger partial charge in [-0.25, -0.2) is 4.98 Å². The van der Waals surface area contributed by atoms with Crippen molar-refractivity contribution in [1.82, 2.24) is 9.55 Å². The van der Waals surface area contributed by atoms with Crippen molar-refractivity contribution < 1.29 is 9.53 Å². The molecule has 5 nitrogen and oxygen atoms in total. The number of hydrogen-bond donors (Lipinski definition) is 0. The molecule has 0 radical (unpaired) electrons. The highest BCUT2D eigenvalue weighted by Gasteiger charge is 2.20. The Labute approximate surface area is 168 Å². The molecule has 0 aliphatic heterocycles. The van der Waals surface area contributed by atoms with Crippen LogP contribution in [0.3, 0.4) is 0 Å². The molecule has 2 aromatic carbocycles. The third kappa shape index (κ3) is 4.17.